The minimum absolute atomic E-state index is 0.245. The minimum Gasteiger partial charge on any atom is -0.484 e. The molecule has 0 saturated carbocycles. The van der Waals surface area contributed by atoms with E-state index in [1.54, 1.807) is 24.3 Å². The lowest BCUT2D eigenvalue weighted by Gasteiger charge is -2.08. The summed E-state index contributed by atoms with van der Waals surface area (Å²) in [4.78, 5) is 24.8. The summed E-state index contributed by atoms with van der Waals surface area (Å²) in [6.45, 7) is 1.58. The van der Waals surface area contributed by atoms with Gasteiger partial charge in [-0.3, -0.25) is 4.79 Å². The Labute approximate surface area is 176 Å². The second kappa shape index (κ2) is 8.23. The zero-order valence-electron chi connectivity index (χ0n) is 16.0. The monoisotopic (exact) mass is 416 g/mol. The molecule has 1 N–H and O–H groups in total. The van der Waals surface area contributed by atoms with E-state index in [1.165, 1.54) is 17.4 Å². The number of hydrogen-bond donors (Lipinski definition) is 1. The Hall–Kier alpha value is -3.89. The molecule has 30 heavy (non-hydrogen) atoms. The van der Waals surface area contributed by atoms with Gasteiger partial charge in [0, 0.05) is 22.4 Å². The standard InChI is InChI=1S/C23H16N2O4S/c1-14-9-22(27)29-19-11-17(7-8-18(14)19)28-13-21(26)25-23-16(12-24)10-20(30-23)15-5-3-2-4-6-15/h2-11H,13H2,1H3,(H,25,26). The SMILES string of the molecule is Cc1cc(=O)oc2cc(OCC(=O)Nc3sc(-c4ccccc4)cc3C#N)ccc12. The van der Waals surface area contributed by atoms with E-state index >= 15 is 0 Å². The Morgan fingerprint density at radius 2 is 1.97 bits per heavy atom. The van der Waals surface area contributed by atoms with Crippen LogP contribution < -0.4 is 15.7 Å². The molecule has 0 aliphatic carbocycles. The Morgan fingerprint density at radius 1 is 1.17 bits per heavy atom. The number of hydrogen-bond acceptors (Lipinski definition) is 6. The van der Waals surface area contributed by atoms with Crippen molar-refractivity contribution in [1.82, 2.24) is 0 Å². The second-order valence-electron chi connectivity index (χ2n) is 6.57. The van der Waals surface area contributed by atoms with Crippen molar-refractivity contribution in [1.29, 1.82) is 5.26 Å². The number of thiophene rings is 1. The molecule has 0 aliphatic rings. The van der Waals surface area contributed by atoms with Crippen molar-refractivity contribution in [2.75, 3.05) is 11.9 Å². The van der Waals surface area contributed by atoms with Gasteiger partial charge >= 0.3 is 5.63 Å². The zero-order chi connectivity index (χ0) is 21.1. The average molecular weight is 416 g/mol. The van der Waals surface area contributed by atoms with E-state index in [0.29, 0.717) is 21.9 Å². The third kappa shape index (κ3) is 4.09. The van der Waals surface area contributed by atoms with Crippen LogP contribution in [0.15, 0.2) is 69.9 Å². The molecule has 2 heterocycles. The fourth-order valence-corrected chi connectivity index (χ4v) is 4.05. The molecule has 6 nitrogen and oxygen atoms in total. The first-order valence-electron chi connectivity index (χ1n) is 9.10. The smallest absolute Gasteiger partial charge is 0.336 e. The molecule has 0 atom stereocenters. The first-order valence-corrected chi connectivity index (χ1v) is 9.91. The number of aryl methyl sites for hydroxylation is 1. The highest BCUT2D eigenvalue weighted by molar-refractivity contribution is 7.19. The summed E-state index contributed by atoms with van der Waals surface area (Å²) in [5.41, 5.74) is 2.14. The number of rotatable bonds is 5. The summed E-state index contributed by atoms with van der Waals surface area (Å²) in [7, 11) is 0. The average Bonchev–Trinajstić information content (AvgIpc) is 3.15. The molecule has 2 aromatic heterocycles. The predicted octanol–water partition coefficient (Wildman–Crippen LogP) is 4.72. The summed E-state index contributed by atoms with van der Waals surface area (Å²) >= 11 is 1.33. The molecule has 0 saturated heterocycles. The first-order chi connectivity index (χ1) is 14.5. The van der Waals surface area contributed by atoms with E-state index in [4.69, 9.17) is 9.15 Å². The van der Waals surface area contributed by atoms with Crippen molar-refractivity contribution in [3.63, 3.8) is 0 Å². The number of ether oxygens (including phenoxy) is 1. The number of nitrogens with one attached hydrogen (secondary N) is 1. The van der Waals surface area contributed by atoms with Crippen LogP contribution in [-0.2, 0) is 4.79 Å². The molecule has 0 radical (unpaired) electrons. The maximum atomic E-state index is 12.4. The van der Waals surface area contributed by atoms with Gasteiger partial charge in [0.25, 0.3) is 5.91 Å². The van der Waals surface area contributed by atoms with Crippen molar-refractivity contribution in [3.05, 3.63) is 82.2 Å². The lowest BCUT2D eigenvalue weighted by Crippen LogP contribution is -2.20. The summed E-state index contributed by atoms with van der Waals surface area (Å²) < 4.78 is 10.7. The normalized spacial score (nSPS) is 10.5. The maximum absolute atomic E-state index is 12.4. The van der Waals surface area contributed by atoms with E-state index < -0.39 is 11.5 Å². The molecule has 0 fully saturated rings. The van der Waals surface area contributed by atoms with Crippen LogP contribution in [0.5, 0.6) is 5.75 Å². The quantitative estimate of drug-likeness (QED) is 0.475. The van der Waals surface area contributed by atoms with Gasteiger partial charge in [-0.05, 0) is 36.2 Å². The lowest BCUT2D eigenvalue weighted by molar-refractivity contribution is -0.118. The van der Waals surface area contributed by atoms with Crippen molar-refractivity contribution in [2.45, 2.75) is 6.92 Å². The van der Waals surface area contributed by atoms with Gasteiger partial charge in [0.05, 0.1) is 5.56 Å². The van der Waals surface area contributed by atoms with E-state index in [1.807, 2.05) is 37.3 Å². The number of nitrogens with zero attached hydrogens (tertiary/aromatic N) is 1. The Morgan fingerprint density at radius 3 is 2.73 bits per heavy atom. The van der Waals surface area contributed by atoms with Crippen molar-refractivity contribution in [3.8, 4) is 22.3 Å². The summed E-state index contributed by atoms with van der Waals surface area (Å²) in [5, 5.41) is 13.4. The largest absolute Gasteiger partial charge is 0.484 e. The van der Waals surface area contributed by atoms with Crippen molar-refractivity contribution < 1.29 is 13.9 Å². The highest BCUT2D eigenvalue weighted by Gasteiger charge is 2.14. The maximum Gasteiger partial charge on any atom is 0.336 e. The highest BCUT2D eigenvalue weighted by atomic mass is 32.1. The number of carbonyl (C=O) groups is 1. The summed E-state index contributed by atoms with van der Waals surface area (Å²) in [5.74, 6) is 0.0156. The molecule has 0 unspecified atom stereocenters. The van der Waals surface area contributed by atoms with E-state index in [0.717, 1.165) is 21.4 Å². The Bertz CT molecular complexity index is 1330. The van der Waals surface area contributed by atoms with E-state index in [2.05, 4.69) is 11.4 Å². The number of nitriles is 1. The molecule has 4 aromatic rings. The fraction of sp³-hybridized carbons (Fsp3) is 0.0870. The van der Waals surface area contributed by atoms with Crippen LogP contribution in [0, 0.1) is 18.3 Å². The molecule has 0 bridgehead atoms. The number of amides is 1. The minimum atomic E-state index is -0.439. The summed E-state index contributed by atoms with van der Waals surface area (Å²) in [6.07, 6.45) is 0. The first kappa shape index (κ1) is 19.4. The van der Waals surface area contributed by atoms with Gasteiger partial charge in [0.15, 0.2) is 6.61 Å². The number of carbonyl (C=O) groups excluding carboxylic acids is 1. The van der Waals surface area contributed by atoms with Crippen LogP contribution in [0.4, 0.5) is 5.00 Å². The molecule has 2 aromatic carbocycles. The van der Waals surface area contributed by atoms with E-state index in [9.17, 15) is 14.9 Å². The molecule has 4 rings (SSSR count). The van der Waals surface area contributed by atoms with Gasteiger partial charge in [-0.15, -0.1) is 11.3 Å². The number of fused-ring (bicyclic) bond motifs is 1. The Kier molecular flexibility index (Phi) is 5.33. The van der Waals surface area contributed by atoms with Crippen molar-refractivity contribution in [2.24, 2.45) is 0 Å². The summed E-state index contributed by atoms with van der Waals surface area (Å²) in [6, 6.07) is 20.0. The second-order valence-corrected chi connectivity index (χ2v) is 7.63. The van der Waals surface area contributed by atoms with Gasteiger partial charge in [-0.25, -0.2) is 4.79 Å². The van der Waals surface area contributed by atoms with Crippen molar-refractivity contribution >= 4 is 33.2 Å². The topological polar surface area (TPSA) is 92.3 Å². The molecule has 0 aliphatic heterocycles. The van der Waals surface area contributed by atoms with Crippen LogP contribution in [0.1, 0.15) is 11.1 Å². The Balaban J connectivity index is 1.47. The molecule has 148 valence electrons. The van der Waals surface area contributed by atoms with Gasteiger partial charge in [-0.2, -0.15) is 5.26 Å². The van der Waals surface area contributed by atoms with Crippen LogP contribution in [-0.4, -0.2) is 12.5 Å². The number of anilines is 1. The van der Waals surface area contributed by atoms with Crippen LogP contribution >= 0.6 is 11.3 Å². The van der Waals surface area contributed by atoms with Gasteiger partial charge in [0.1, 0.15) is 22.4 Å². The van der Waals surface area contributed by atoms with Gasteiger partial charge in [0.2, 0.25) is 0 Å². The lowest BCUT2D eigenvalue weighted by atomic mass is 10.1. The molecule has 7 heteroatoms. The van der Waals surface area contributed by atoms with E-state index in [-0.39, 0.29) is 6.61 Å². The van der Waals surface area contributed by atoms with Crippen LogP contribution in [0.3, 0.4) is 0 Å². The van der Waals surface area contributed by atoms with Gasteiger partial charge < -0.3 is 14.5 Å². The molecule has 1 amide bonds. The zero-order valence-corrected chi connectivity index (χ0v) is 16.8. The fourth-order valence-electron chi connectivity index (χ4n) is 3.02. The molecule has 0 spiro atoms. The molecular formula is C23H16N2O4S. The highest BCUT2D eigenvalue weighted by Crippen LogP contribution is 2.35. The predicted molar refractivity (Wildman–Crippen MR) is 116 cm³/mol. The van der Waals surface area contributed by atoms with Crippen LogP contribution in [0.2, 0.25) is 0 Å². The third-order valence-electron chi connectivity index (χ3n) is 4.46. The third-order valence-corrected chi connectivity index (χ3v) is 5.56. The van der Waals surface area contributed by atoms with Gasteiger partial charge in [-0.1, -0.05) is 30.3 Å². The number of benzene rings is 2. The van der Waals surface area contributed by atoms with Crippen LogP contribution in [0.25, 0.3) is 21.4 Å². The molecular weight excluding hydrogens is 400 g/mol.